The molecule has 2 heteroatoms. The predicted molar refractivity (Wildman–Crippen MR) is 42.1 cm³/mol. The van der Waals surface area contributed by atoms with Crippen LogP contribution in [0.25, 0.3) is 0 Å². The molecule has 0 aromatic heterocycles. The predicted octanol–water partition coefficient (Wildman–Crippen LogP) is 1.02. The van der Waals surface area contributed by atoms with E-state index in [0.717, 1.165) is 25.7 Å². The lowest BCUT2D eigenvalue weighted by atomic mass is 9.99. The first-order valence-corrected chi connectivity index (χ1v) is 4.15. The molecule has 0 aromatic carbocycles. The lowest BCUT2D eigenvalue weighted by Gasteiger charge is -2.28. The van der Waals surface area contributed by atoms with Crippen molar-refractivity contribution in [3.05, 3.63) is 0 Å². The summed E-state index contributed by atoms with van der Waals surface area (Å²) in [5.41, 5.74) is 0. The van der Waals surface area contributed by atoms with Gasteiger partial charge in [0.25, 0.3) is 0 Å². The van der Waals surface area contributed by atoms with E-state index in [1.807, 2.05) is 0 Å². The monoisotopic (exact) mass is 143 g/mol. The Morgan fingerprint density at radius 3 is 3.00 bits per heavy atom. The van der Waals surface area contributed by atoms with Gasteiger partial charge in [-0.05, 0) is 5.92 Å². The number of morpholine rings is 1. The van der Waals surface area contributed by atoms with Crippen molar-refractivity contribution in [2.24, 2.45) is 5.92 Å². The molecule has 1 rings (SSSR count). The molecular weight excluding hydrogens is 126 g/mol. The number of ether oxygens (including phenoxy) is 1. The first-order valence-electron chi connectivity index (χ1n) is 4.15. The summed E-state index contributed by atoms with van der Waals surface area (Å²) in [4.78, 5) is 0. The zero-order valence-corrected chi connectivity index (χ0v) is 6.89. The lowest BCUT2D eigenvalue weighted by Crippen LogP contribution is -2.45. The summed E-state index contributed by atoms with van der Waals surface area (Å²) in [5, 5.41) is 3.44. The molecule has 1 aliphatic rings. The average molecular weight is 143 g/mol. The number of hydrogen-bond donors (Lipinski definition) is 1. The average Bonchev–Trinajstić information content (AvgIpc) is 2.05. The summed E-state index contributed by atoms with van der Waals surface area (Å²) in [6.07, 6.45) is 1.24. The van der Waals surface area contributed by atoms with E-state index in [1.165, 1.54) is 6.42 Å². The van der Waals surface area contributed by atoms with Gasteiger partial charge in [0.15, 0.2) is 0 Å². The van der Waals surface area contributed by atoms with Crippen molar-refractivity contribution in [1.29, 1.82) is 0 Å². The summed E-state index contributed by atoms with van der Waals surface area (Å²) >= 11 is 0. The van der Waals surface area contributed by atoms with Gasteiger partial charge in [-0.1, -0.05) is 20.3 Å². The van der Waals surface area contributed by atoms with Gasteiger partial charge >= 0.3 is 0 Å². The van der Waals surface area contributed by atoms with E-state index in [4.69, 9.17) is 4.74 Å². The van der Waals surface area contributed by atoms with Gasteiger partial charge in [0.2, 0.25) is 0 Å². The van der Waals surface area contributed by atoms with E-state index in [2.05, 4.69) is 19.2 Å². The summed E-state index contributed by atoms with van der Waals surface area (Å²) in [6.45, 7) is 7.30. The summed E-state index contributed by atoms with van der Waals surface area (Å²) in [5.74, 6) is 0.750. The van der Waals surface area contributed by atoms with Crippen LogP contribution in [-0.4, -0.2) is 25.8 Å². The van der Waals surface area contributed by atoms with Crippen molar-refractivity contribution in [2.45, 2.75) is 26.3 Å². The fourth-order valence-electron chi connectivity index (χ4n) is 1.24. The van der Waals surface area contributed by atoms with Crippen molar-refractivity contribution in [1.82, 2.24) is 5.32 Å². The van der Waals surface area contributed by atoms with Crippen molar-refractivity contribution in [3.63, 3.8) is 0 Å². The van der Waals surface area contributed by atoms with Crippen LogP contribution in [-0.2, 0) is 4.74 Å². The van der Waals surface area contributed by atoms with Gasteiger partial charge in [0.1, 0.15) is 0 Å². The van der Waals surface area contributed by atoms with Gasteiger partial charge in [-0.15, -0.1) is 0 Å². The second kappa shape index (κ2) is 3.94. The first kappa shape index (κ1) is 8.02. The van der Waals surface area contributed by atoms with Gasteiger partial charge in [0.05, 0.1) is 13.2 Å². The topological polar surface area (TPSA) is 21.3 Å². The van der Waals surface area contributed by atoms with Crippen LogP contribution in [0.5, 0.6) is 0 Å². The third-order valence-corrected chi connectivity index (χ3v) is 2.28. The molecule has 0 radical (unpaired) electrons. The maximum atomic E-state index is 5.34. The van der Waals surface area contributed by atoms with Crippen LogP contribution in [0.2, 0.25) is 0 Å². The van der Waals surface area contributed by atoms with Gasteiger partial charge in [-0.3, -0.25) is 0 Å². The first-order chi connectivity index (χ1) is 4.84. The third-order valence-electron chi connectivity index (χ3n) is 2.28. The Morgan fingerprint density at radius 1 is 1.70 bits per heavy atom. The Bertz CT molecular complexity index is 89.3. The van der Waals surface area contributed by atoms with Crippen LogP contribution in [0, 0.1) is 5.92 Å². The van der Waals surface area contributed by atoms with E-state index in [0.29, 0.717) is 6.04 Å². The van der Waals surface area contributed by atoms with Crippen LogP contribution in [0.15, 0.2) is 0 Å². The second-order valence-electron chi connectivity index (χ2n) is 3.02. The molecule has 1 saturated heterocycles. The fourth-order valence-corrected chi connectivity index (χ4v) is 1.24. The number of nitrogens with one attached hydrogen (secondary N) is 1. The smallest absolute Gasteiger partial charge is 0.0622 e. The molecule has 10 heavy (non-hydrogen) atoms. The summed E-state index contributed by atoms with van der Waals surface area (Å²) in [7, 11) is 0. The van der Waals surface area contributed by atoms with E-state index in [1.54, 1.807) is 0 Å². The van der Waals surface area contributed by atoms with Crippen LogP contribution >= 0.6 is 0 Å². The largest absolute Gasteiger partial charge is 0.379 e. The molecular formula is C8H17NO. The zero-order chi connectivity index (χ0) is 7.40. The highest BCUT2D eigenvalue weighted by Crippen LogP contribution is 2.09. The Balaban J connectivity index is 2.24. The van der Waals surface area contributed by atoms with Gasteiger partial charge in [-0.2, -0.15) is 0 Å². The molecule has 2 nitrogen and oxygen atoms in total. The molecule has 1 unspecified atom stereocenters. The molecule has 0 aliphatic carbocycles. The molecule has 1 heterocycles. The van der Waals surface area contributed by atoms with E-state index in [9.17, 15) is 0 Å². The second-order valence-corrected chi connectivity index (χ2v) is 3.02. The maximum Gasteiger partial charge on any atom is 0.0622 e. The molecule has 0 saturated carbocycles. The van der Waals surface area contributed by atoms with E-state index >= 15 is 0 Å². The Labute approximate surface area is 63.0 Å². The number of rotatable bonds is 2. The minimum atomic E-state index is 0.596. The van der Waals surface area contributed by atoms with Crippen LogP contribution in [0.3, 0.4) is 0 Å². The minimum Gasteiger partial charge on any atom is -0.379 e. The Kier molecular flexibility index (Phi) is 3.16. The quantitative estimate of drug-likeness (QED) is 0.623. The molecule has 0 spiro atoms. The maximum absolute atomic E-state index is 5.34. The molecule has 0 amide bonds. The van der Waals surface area contributed by atoms with Gasteiger partial charge in [-0.25, -0.2) is 0 Å². The van der Waals surface area contributed by atoms with Gasteiger partial charge in [0, 0.05) is 12.6 Å². The lowest BCUT2D eigenvalue weighted by molar-refractivity contribution is 0.0588. The highest BCUT2D eigenvalue weighted by Gasteiger charge is 2.17. The van der Waals surface area contributed by atoms with Crippen molar-refractivity contribution in [3.8, 4) is 0 Å². The van der Waals surface area contributed by atoms with Gasteiger partial charge < -0.3 is 10.1 Å². The van der Waals surface area contributed by atoms with Crippen molar-refractivity contribution >= 4 is 0 Å². The highest BCUT2D eigenvalue weighted by molar-refractivity contribution is 4.74. The summed E-state index contributed by atoms with van der Waals surface area (Å²) in [6, 6.07) is 0.596. The molecule has 1 N–H and O–H groups in total. The van der Waals surface area contributed by atoms with Crippen LogP contribution in [0.4, 0.5) is 0 Å². The van der Waals surface area contributed by atoms with E-state index in [-0.39, 0.29) is 0 Å². The SMILES string of the molecule is CCC(C)[C@H]1COCCN1. The van der Waals surface area contributed by atoms with E-state index < -0.39 is 0 Å². The highest BCUT2D eigenvalue weighted by atomic mass is 16.5. The molecule has 1 fully saturated rings. The Hall–Kier alpha value is -0.0800. The Morgan fingerprint density at radius 2 is 2.50 bits per heavy atom. The van der Waals surface area contributed by atoms with Crippen LogP contribution < -0.4 is 5.32 Å². The fraction of sp³-hybridized carbons (Fsp3) is 1.00. The van der Waals surface area contributed by atoms with Crippen molar-refractivity contribution in [2.75, 3.05) is 19.8 Å². The minimum absolute atomic E-state index is 0.596. The molecule has 0 bridgehead atoms. The third kappa shape index (κ3) is 1.96. The molecule has 2 atom stereocenters. The van der Waals surface area contributed by atoms with Crippen molar-refractivity contribution < 1.29 is 4.74 Å². The van der Waals surface area contributed by atoms with Crippen LogP contribution in [0.1, 0.15) is 20.3 Å². The molecule has 1 aliphatic heterocycles. The molecule has 0 aromatic rings. The summed E-state index contributed by atoms with van der Waals surface area (Å²) < 4.78 is 5.34. The normalized spacial score (nSPS) is 30.0. The number of hydrogen-bond acceptors (Lipinski definition) is 2. The zero-order valence-electron chi connectivity index (χ0n) is 6.89. The molecule has 60 valence electrons. The standard InChI is InChI=1S/C8H17NO/c1-3-7(2)8-6-10-5-4-9-8/h7-9H,3-6H2,1-2H3/t7?,8-/m1/s1.